The number of rotatable bonds is 4. The van der Waals surface area contributed by atoms with Crippen molar-refractivity contribution in [3.8, 4) is 0 Å². The molecule has 0 fully saturated rings. The van der Waals surface area contributed by atoms with Gasteiger partial charge in [-0.15, -0.1) is 0 Å². The average Bonchev–Trinajstić information content (AvgIpc) is 2.61. The standard InChI is InChI=1S/C15H16N4O.C2HF3O2/c16-15(17)18-10-11-5-4-8-13(9-11)19-14(20)12-6-2-1-3-7-12;3-2(4,5)1(6)7/h1-9H,10H2,(H,19,20)(H4,16,17,18);(H,6,7). The molecule has 144 valence electrons. The lowest BCUT2D eigenvalue weighted by Crippen LogP contribution is -2.29. The van der Waals surface area contributed by atoms with Crippen molar-refractivity contribution in [3.05, 3.63) is 65.7 Å². The minimum atomic E-state index is -5.08. The van der Waals surface area contributed by atoms with Gasteiger partial charge in [-0.2, -0.15) is 13.2 Å². The highest BCUT2D eigenvalue weighted by atomic mass is 19.4. The van der Waals surface area contributed by atoms with Crippen molar-refractivity contribution >= 4 is 23.5 Å². The van der Waals surface area contributed by atoms with Crippen LogP contribution in [0.25, 0.3) is 0 Å². The number of carboxylic acids is 1. The summed E-state index contributed by atoms with van der Waals surface area (Å²) in [4.78, 5) is 20.9. The maximum Gasteiger partial charge on any atom is 0.490 e. The molecular weight excluding hydrogens is 365 g/mol. The lowest BCUT2D eigenvalue weighted by atomic mass is 10.1. The zero-order valence-electron chi connectivity index (χ0n) is 13.9. The number of benzene rings is 2. The smallest absolute Gasteiger partial charge is 0.475 e. The second-order valence-electron chi connectivity index (χ2n) is 5.09. The topological polar surface area (TPSA) is 128 Å². The number of aliphatic carboxylic acids is 1. The van der Waals surface area contributed by atoms with Crippen molar-refractivity contribution in [2.24, 2.45) is 5.73 Å². The van der Waals surface area contributed by atoms with Crippen molar-refractivity contribution < 1.29 is 27.9 Å². The number of carbonyl (C=O) groups is 2. The number of amides is 1. The molecule has 0 bridgehead atoms. The Morgan fingerprint density at radius 2 is 1.67 bits per heavy atom. The molecule has 0 aromatic heterocycles. The third-order valence-electron chi connectivity index (χ3n) is 2.95. The summed E-state index contributed by atoms with van der Waals surface area (Å²) in [5, 5.41) is 19.8. The van der Waals surface area contributed by atoms with Gasteiger partial charge in [0.2, 0.25) is 0 Å². The Labute approximate surface area is 152 Å². The molecule has 2 aromatic carbocycles. The largest absolute Gasteiger partial charge is 0.490 e. The number of hydrogen-bond donors (Lipinski definition) is 5. The van der Waals surface area contributed by atoms with E-state index in [2.05, 4.69) is 10.6 Å². The molecule has 0 spiro atoms. The average molecular weight is 382 g/mol. The molecule has 0 aliphatic carbocycles. The van der Waals surface area contributed by atoms with Crippen molar-refractivity contribution in [2.45, 2.75) is 12.7 Å². The van der Waals surface area contributed by atoms with Gasteiger partial charge in [0.25, 0.3) is 5.91 Å². The molecule has 7 nitrogen and oxygen atoms in total. The molecule has 0 saturated carbocycles. The minimum absolute atomic E-state index is 0.0799. The van der Waals surface area contributed by atoms with Crippen molar-refractivity contribution in [3.63, 3.8) is 0 Å². The van der Waals surface area contributed by atoms with Crippen LogP contribution >= 0.6 is 0 Å². The number of alkyl halides is 3. The predicted octanol–water partition coefficient (Wildman–Crippen LogP) is 2.56. The number of hydrogen-bond acceptors (Lipinski definition) is 3. The first-order chi connectivity index (χ1) is 12.6. The van der Waals surface area contributed by atoms with Gasteiger partial charge in [-0.3, -0.25) is 10.2 Å². The van der Waals surface area contributed by atoms with Gasteiger partial charge in [0.05, 0.1) is 0 Å². The van der Waals surface area contributed by atoms with E-state index in [1.54, 1.807) is 12.1 Å². The van der Waals surface area contributed by atoms with Crippen LogP contribution in [0, 0.1) is 5.41 Å². The minimum Gasteiger partial charge on any atom is -0.475 e. The number of carbonyl (C=O) groups excluding carboxylic acids is 1. The van der Waals surface area contributed by atoms with E-state index in [9.17, 15) is 18.0 Å². The number of halogens is 3. The van der Waals surface area contributed by atoms with Crippen LogP contribution in [-0.4, -0.2) is 29.1 Å². The van der Waals surface area contributed by atoms with E-state index in [1.165, 1.54) is 0 Å². The van der Waals surface area contributed by atoms with Crippen molar-refractivity contribution in [1.29, 1.82) is 5.41 Å². The summed E-state index contributed by atoms with van der Waals surface area (Å²) in [5.41, 5.74) is 7.49. The third-order valence-corrected chi connectivity index (χ3v) is 2.95. The normalized spacial score (nSPS) is 10.2. The number of guanidine groups is 1. The van der Waals surface area contributed by atoms with Crippen LogP contribution in [0.5, 0.6) is 0 Å². The summed E-state index contributed by atoms with van der Waals surface area (Å²) in [6.45, 7) is 0.449. The zero-order valence-corrected chi connectivity index (χ0v) is 13.9. The molecule has 2 rings (SSSR count). The molecule has 0 atom stereocenters. The van der Waals surface area contributed by atoms with Crippen LogP contribution in [0.1, 0.15) is 15.9 Å². The van der Waals surface area contributed by atoms with Gasteiger partial charge in [0.15, 0.2) is 5.96 Å². The molecular formula is C17H17F3N4O3. The Balaban J connectivity index is 0.000000445. The number of carboxylic acid groups (broad SMARTS) is 1. The van der Waals surface area contributed by atoms with E-state index in [-0.39, 0.29) is 11.9 Å². The molecule has 0 radical (unpaired) electrons. The van der Waals surface area contributed by atoms with E-state index in [1.807, 2.05) is 42.5 Å². The van der Waals surface area contributed by atoms with Crippen LogP contribution < -0.4 is 16.4 Å². The van der Waals surface area contributed by atoms with Gasteiger partial charge >= 0.3 is 12.1 Å². The fourth-order valence-electron chi connectivity index (χ4n) is 1.75. The van der Waals surface area contributed by atoms with Crippen LogP contribution in [-0.2, 0) is 11.3 Å². The summed E-state index contributed by atoms with van der Waals surface area (Å²) in [7, 11) is 0. The second kappa shape index (κ2) is 9.80. The Kier molecular flexibility index (Phi) is 7.80. The highest BCUT2D eigenvalue weighted by Crippen LogP contribution is 2.13. The maximum absolute atomic E-state index is 12.0. The summed E-state index contributed by atoms with van der Waals surface area (Å²) < 4.78 is 31.7. The van der Waals surface area contributed by atoms with Gasteiger partial charge in [-0.1, -0.05) is 30.3 Å². The zero-order chi connectivity index (χ0) is 20.4. The van der Waals surface area contributed by atoms with E-state index >= 15 is 0 Å². The first-order valence-electron chi connectivity index (χ1n) is 7.43. The SMILES string of the molecule is N=C(N)NCc1cccc(NC(=O)c2ccccc2)c1.O=C(O)C(F)(F)F. The number of nitrogens with one attached hydrogen (secondary N) is 3. The highest BCUT2D eigenvalue weighted by molar-refractivity contribution is 6.04. The first kappa shape index (κ1) is 21.5. The molecule has 0 aliphatic heterocycles. The lowest BCUT2D eigenvalue weighted by Gasteiger charge is -2.08. The van der Waals surface area contributed by atoms with Gasteiger partial charge < -0.3 is 21.5 Å². The Bertz CT molecular complexity index is 796. The lowest BCUT2D eigenvalue weighted by molar-refractivity contribution is -0.192. The van der Waals surface area contributed by atoms with E-state index in [4.69, 9.17) is 21.0 Å². The maximum atomic E-state index is 12.0. The van der Waals surface area contributed by atoms with Crippen molar-refractivity contribution in [2.75, 3.05) is 5.32 Å². The van der Waals surface area contributed by atoms with Crippen LogP contribution in [0.15, 0.2) is 54.6 Å². The molecule has 6 N–H and O–H groups in total. The van der Waals surface area contributed by atoms with Crippen molar-refractivity contribution in [1.82, 2.24) is 5.32 Å². The molecule has 27 heavy (non-hydrogen) atoms. The van der Waals surface area contributed by atoms with E-state index in [0.717, 1.165) is 5.56 Å². The van der Waals surface area contributed by atoms with E-state index < -0.39 is 12.1 Å². The highest BCUT2D eigenvalue weighted by Gasteiger charge is 2.38. The first-order valence-corrected chi connectivity index (χ1v) is 7.43. The van der Waals surface area contributed by atoms with E-state index in [0.29, 0.717) is 17.8 Å². The predicted molar refractivity (Wildman–Crippen MR) is 93.3 cm³/mol. The fourth-order valence-corrected chi connectivity index (χ4v) is 1.75. The van der Waals surface area contributed by atoms with Crippen LogP contribution in [0.4, 0.5) is 18.9 Å². The van der Waals surface area contributed by atoms with Crippen LogP contribution in [0.3, 0.4) is 0 Å². The van der Waals surface area contributed by atoms with Gasteiger partial charge in [0, 0.05) is 17.8 Å². The molecule has 0 saturated heterocycles. The Hall–Kier alpha value is -3.56. The molecule has 1 amide bonds. The fraction of sp³-hybridized carbons (Fsp3) is 0.118. The molecule has 0 unspecified atom stereocenters. The monoisotopic (exact) mass is 382 g/mol. The number of anilines is 1. The molecule has 10 heteroatoms. The molecule has 0 heterocycles. The molecule has 2 aromatic rings. The quantitative estimate of drug-likeness (QED) is 0.410. The summed E-state index contributed by atoms with van der Waals surface area (Å²) in [5.74, 6) is -2.99. The van der Waals surface area contributed by atoms with Gasteiger partial charge in [0.1, 0.15) is 0 Å². The third kappa shape index (κ3) is 8.38. The Morgan fingerprint density at radius 1 is 1.07 bits per heavy atom. The molecule has 0 aliphatic rings. The summed E-state index contributed by atoms with van der Waals surface area (Å²) in [6.07, 6.45) is -5.08. The Morgan fingerprint density at radius 3 is 2.19 bits per heavy atom. The second-order valence-corrected chi connectivity index (χ2v) is 5.09. The summed E-state index contributed by atoms with van der Waals surface area (Å²) in [6, 6.07) is 16.4. The van der Waals surface area contributed by atoms with Crippen LogP contribution in [0.2, 0.25) is 0 Å². The number of nitrogens with two attached hydrogens (primary N) is 1. The van der Waals surface area contributed by atoms with Gasteiger partial charge in [-0.05, 0) is 29.8 Å². The summed E-state index contributed by atoms with van der Waals surface area (Å²) >= 11 is 0. The van der Waals surface area contributed by atoms with Gasteiger partial charge in [-0.25, -0.2) is 4.79 Å².